The van der Waals surface area contributed by atoms with Gasteiger partial charge in [-0.25, -0.2) is 0 Å². The van der Waals surface area contributed by atoms with Crippen LogP contribution < -0.4 is 5.32 Å². The minimum atomic E-state index is 0.737. The van der Waals surface area contributed by atoms with Gasteiger partial charge in [-0.2, -0.15) is 0 Å². The Balaban J connectivity index is 1.26. The molecule has 2 aliphatic carbocycles. The van der Waals surface area contributed by atoms with Crippen LogP contribution >= 0.6 is 11.3 Å². The van der Waals surface area contributed by atoms with Gasteiger partial charge in [0.15, 0.2) is 0 Å². The van der Waals surface area contributed by atoms with Gasteiger partial charge >= 0.3 is 0 Å². The van der Waals surface area contributed by atoms with Gasteiger partial charge in [0.25, 0.3) is 0 Å². The fraction of sp³-hybridized carbons (Fsp3) is 0.524. The van der Waals surface area contributed by atoms with Crippen molar-refractivity contribution in [2.24, 2.45) is 5.41 Å². The predicted molar refractivity (Wildman–Crippen MR) is 102 cm³/mol. The fourth-order valence-electron chi connectivity index (χ4n) is 4.59. The van der Waals surface area contributed by atoms with E-state index in [4.69, 9.17) is 0 Å². The zero-order valence-corrected chi connectivity index (χ0v) is 15.1. The summed E-state index contributed by atoms with van der Waals surface area (Å²) in [6.07, 6.45) is 5.85. The summed E-state index contributed by atoms with van der Waals surface area (Å²) in [4.78, 5) is 5.47. The van der Waals surface area contributed by atoms with Crippen molar-refractivity contribution in [2.75, 3.05) is 26.2 Å². The Bertz CT molecular complexity index is 708. The average molecular weight is 339 g/mol. The summed E-state index contributed by atoms with van der Waals surface area (Å²) >= 11 is 1.96. The van der Waals surface area contributed by atoms with E-state index in [1.165, 1.54) is 54.1 Å². The molecule has 1 aliphatic heterocycles. The first-order valence-corrected chi connectivity index (χ1v) is 10.3. The van der Waals surface area contributed by atoms with Gasteiger partial charge in [0, 0.05) is 42.5 Å². The summed E-state index contributed by atoms with van der Waals surface area (Å²) in [5.74, 6) is 0.868. The highest BCUT2D eigenvalue weighted by Gasteiger charge is 2.57. The number of thiophene rings is 1. The van der Waals surface area contributed by atoms with Crippen molar-refractivity contribution < 1.29 is 0 Å². The Hall–Kier alpha value is -1.16. The fourth-order valence-corrected chi connectivity index (χ4v) is 5.65. The molecule has 1 aromatic carbocycles. The van der Waals surface area contributed by atoms with Crippen LogP contribution in [0.15, 0.2) is 36.4 Å². The maximum Gasteiger partial charge on any atom is 0.0346 e. The van der Waals surface area contributed by atoms with E-state index in [0.29, 0.717) is 0 Å². The van der Waals surface area contributed by atoms with Gasteiger partial charge in [-0.05, 0) is 53.9 Å². The van der Waals surface area contributed by atoms with E-state index in [1.54, 1.807) is 5.56 Å². The third-order valence-electron chi connectivity index (χ3n) is 6.39. The summed E-state index contributed by atoms with van der Waals surface area (Å²) < 4.78 is 0. The molecule has 5 rings (SSSR count). The van der Waals surface area contributed by atoms with E-state index in [-0.39, 0.29) is 0 Å². The molecule has 2 saturated carbocycles. The van der Waals surface area contributed by atoms with Gasteiger partial charge < -0.3 is 5.32 Å². The molecule has 3 heteroatoms. The van der Waals surface area contributed by atoms with E-state index in [1.807, 2.05) is 11.3 Å². The first kappa shape index (κ1) is 15.1. The van der Waals surface area contributed by atoms with E-state index in [0.717, 1.165) is 31.0 Å². The lowest BCUT2D eigenvalue weighted by Gasteiger charge is -2.26. The van der Waals surface area contributed by atoms with Crippen molar-refractivity contribution in [3.8, 4) is 10.4 Å². The van der Waals surface area contributed by atoms with Crippen LogP contribution in [0.5, 0.6) is 0 Å². The van der Waals surface area contributed by atoms with E-state index < -0.39 is 0 Å². The first-order valence-electron chi connectivity index (χ1n) is 9.45. The Kier molecular flexibility index (Phi) is 3.77. The van der Waals surface area contributed by atoms with Crippen LogP contribution in [-0.2, 0) is 6.54 Å². The SMILES string of the molecule is c1cc(C2CC23CCC3)ccc1-c1ccc(CN2CCNCC2)s1. The molecule has 0 bridgehead atoms. The molecule has 1 aromatic heterocycles. The average Bonchev–Trinajstić information content (AvgIpc) is 3.22. The summed E-state index contributed by atoms with van der Waals surface area (Å²) in [7, 11) is 0. The van der Waals surface area contributed by atoms with E-state index in [2.05, 4.69) is 46.6 Å². The normalized spacial score (nSPS) is 25.6. The number of hydrogen-bond donors (Lipinski definition) is 1. The Morgan fingerprint density at radius 1 is 1.04 bits per heavy atom. The van der Waals surface area contributed by atoms with Gasteiger partial charge in [0.05, 0.1) is 0 Å². The molecule has 3 aliphatic rings. The second kappa shape index (κ2) is 5.98. The molecule has 1 saturated heterocycles. The quantitative estimate of drug-likeness (QED) is 0.884. The maximum absolute atomic E-state index is 3.43. The van der Waals surface area contributed by atoms with Gasteiger partial charge in [-0.15, -0.1) is 11.3 Å². The van der Waals surface area contributed by atoms with Crippen LogP contribution in [0.2, 0.25) is 0 Å². The number of rotatable bonds is 4. The van der Waals surface area contributed by atoms with Gasteiger partial charge in [0.1, 0.15) is 0 Å². The van der Waals surface area contributed by atoms with E-state index in [9.17, 15) is 0 Å². The van der Waals surface area contributed by atoms with Crippen LogP contribution in [0.25, 0.3) is 10.4 Å². The molecule has 0 radical (unpaired) electrons. The van der Waals surface area contributed by atoms with Crippen molar-refractivity contribution in [1.29, 1.82) is 0 Å². The van der Waals surface area contributed by atoms with Crippen LogP contribution in [0.3, 0.4) is 0 Å². The van der Waals surface area contributed by atoms with Gasteiger partial charge in [0.2, 0.25) is 0 Å². The highest BCUT2D eigenvalue weighted by molar-refractivity contribution is 7.15. The standard InChI is InChI=1S/C21H26N2S/c1-8-21(9-1)14-19(21)16-2-4-17(5-3-16)20-7-6-18(24-20)15-23-12-10-22-11-13-23/h2-7,19,22H,1,8-15H2. The summed E-state index contributed by atoms with van der Waals surface area (Å²) in [5.41, 5.74) is 3.70. The van der Waals surface area contributed by atoms with E-state index >= 15 is 0 Å². The monoisotopic (exact) mass is 338 g/mol. The van der Waals surface area contributed by atoms with Crippen molar-refractivity contribution >= 4 is 11.3 Å². The molecular weight excluding hydrogens is 312 g/mol. The molecule has 0 amide bonds. The molecular formula is C21H26N2S. The lowest BCUT2D eigenvalue weighted by atomic mass is 9.78. The summed E-state index contributed by atoms with van der Waals surface area (Å²) in [6.45, 7) is 5.70. The summed E-state index contributed by atoms with van der Waals surface area (Å²) in [6, 6.07) is 14.1. The molecule has 3 fully saturated rings. The minimum Gasteiger partial charge on any atom is -0.314 e. The topological polar surface area (TPSA) is 15.3 Å². The molecule has 1 atom stereocenters. The third-order valence-corrected chi connectivity index (χ3v) is 7.51. The lowest BCUT2D eigenvalue weighted by Crippen LogP contribution is -2.42. The highest BCUT2D eigenvalue weighted by atomic mass is 32.1. The zero-order valence-electron chi connectivity index (χ0n) is 14.3. The predicted octanol–water partition coefficient (Wildman–Crippen LogP) is 4.48. The molecule has 1 N–H and O–H groups in total. The van der Waals surface area contributed by atoms with Crippen molar-refractivity contribution in [3.63, 3.8) is 0 Å². The largest absolute Gasteiger partial charge is 0.314 e. The van der Waals surface area contributed by atoms with Crippen molar-refractivity contribution in [1.82, 2.24) is 10.2 Å². The second-order valence-corrected chi connectivity index (χ2v) is 9.06. The van der Waals surface area contributed by atoms with Gasteiger partial charge in [-0.1, -0.05) is 30.7 Å². The maximum atomic E-state index is 3.43. The molecule has 126 valence electrons. The molecule has 2 nitrogen and oxygen atoms in total. The van der Waals surface area contributed by atoms with Crippen LogP contribution in [-0.4, -0.2) is 31.1 Å². The van der Waals surface area contributed by atoms with Crippen molar-refractivity contribution in [3.05, 3.63) is 46.8 Å². The molecule has 2 heterocycles. The number of benzene rings is 1. The Morgan fingerprint density at radius 3 is 2.50 bits per heavy atom. The summed E-state index contributed by atoms with van der Waals surface area (Å²) in [5, 5.41) is 3.43. The molecule has 24 heavy (non-hydrogen) atoms. The van der Waals surface area contributed by atoms with Crippen LogP contribution in [0.1, 0.15) is 42.0 Å². The van der Waals surface area contributed by atoms with Crippen LogP contribution in [0, 0.1) is 5.41 Å². The van der Waals surface area contributed by atoms with Crippen LogP contribution in [0.4, 0.5) is 0 Å². The van der Waals surface area contributed by atoms with Crippen molar-refractivity contribution in [2.45, 2.75) is 38.1 Å². The second-order valence-electron chi connectivity index (χ2n) is 7.89. The Morgan fingerprint density at radius 2 is 1.83 bits per heavy atom. The number of nitrogens with zero attached hydrogens (tertiary/aromatic N) is 1. The smallest absolute Gasteiger partial charge is 0.0346 e. The third kappa shape index (κ3) is 2.73. The number of piperazine rings is 1. The number of hydrogen-bond acceptors (Lipinski definition) is 3. The first-order chi connectivity index (χ1) is 11.8. The molecule has 1 spiro atoms. The Labute approximate surface area is 148 Å². The number of nitrogens with one attached hydrogen (secondary N) is 1. The minimum absolute atomic E-state index is 0.737. The lowest BCUT2D eigenvalue weighted by molar-refractivity contribution is 0.235. The highest BCUT2D eigenvalue weighted by Crippen LogP contribution is 2.70. The zero-order chi connectivity index (χ0) is 16.0. The molecule has 1 unspecified atom stereocenters. The molecule has 2 aromatic rings. The van der Waals surface area contributed by atoms with Gasteiger partial charge in [-0.3, -0.25) is 4.90 Å².